The fourth-order valence-electron chi connectivity index (χ4n) is 0.825. The molecule has 0 spiro atoms. The molecule has 0 aliphatic heterocycles. The average molecular weight is 237 g/mol. The lowest BCUT2D eigenvalue weighted by Gasteiger charge is -2.09. The van der Waals surface area contributed by atoms with Crippen LogP contribution in [0.2, 0.25) is 0 Å². The predicted octanol–water partition coefficient (Wildman–Crippen LogP) is 3.11. The number of rotatable bonds is 4. The summed E-state index contributed by atoms with van der Waals surface area (Å²) in [5, 5.41) is 6.81. The first-order valence-electron chi connectivity index (χ1n) is 3.81. The Hall–Kier alpha value is -0.0900. The molecule has 0 aliphatic carbocycles. The fourth-order valence-corrected chi connectivity index (χ4v) is 1.65. The summed E-state index contributed by atoms with van der Waals surface area (Å²) < 4.78 is 0. The van der Waals surface area contributed by atoms with Crippen LogP contribution in [0.5, 0.6) is 0 Å². The van der Waals surface area contributed by atoms with Crippen LogP contribution in [0.4, 0.5) is 0 Å². The normalized spacial score (nSPS) is 14.5. The van der Waals surface area contributed by atoms with Crippen molar-refractivity contribution in [1.29, 1.82) is 0 Å². The summed E-state index contributed by atoms with van der Waals surface area (Å²) in [6.07, 6.45) is 1.79. The Morgan fingerprint density at radius 2 is 2.62 bits per heavy atom. The molecule has 72 valence electrons. The van der Waals surface area contributed by atoms with Crippen LogP contribution < -0.4 is 5.32 Å². The summed E-state index contributed by atoms with van der Waals surface area (Å²) in [6.45, 7) is 2.61. The number of hydrogen-bond acceptors (Lipinski definition) is 3. The number of thiazole rings is 1. The third kappa shape index (κ3) is 3.65. The second kappa shape index (κ2) is 5.60. The molecule has 1 atom stereocenters. The van der Waals surface area contributed by atoms with Crippen molar-refractivity contribution in [1.82, 2.24) is 10.3 Å². The Kier molecular flexibility index (Phi) is 4.73. The SMILES string of the molecule is CC(NCC(Cl)=CCl)c1nccs1. The quantitative estimate of drug-likeness (QED) is 0.870. The van der Waals surface area contributed by atoms with Gasteiger partial charge in [-0.25, -0.2) is 4.98 Å². The van der Waals surface area contributed by atoms with E-state index in [1.54, 1.807) is 17.5 Å². The van der Waals surface area contributed by atoms with Crippen LogP contribution in [-0.2, 0) is 0 Å². The molecule has 0 fully saturated rings. The van der Waals surface area contributed by atoms with E-state index >= 15 is 0 Å². The van der Waals surface area contributed by atoms with E-state index in [2.05, 4.69) is 10.3 Å². The maximum Gasteiger partial charge on any atom is 0.109 e. The van der Waals surface area contributed by atoms with E-state index in [0.717, 1.165) is 5.01 Å². The van der Waals surface area contributed by atoms with Crippen molar-refractivity contribution in [3.8, 4) is 0 Å². The van der Waals surface area contributed by atoms with Crippen molar-refractivity contribution >= 4 is 34.5 Å². The van der Waals surface area contributed by atoms with Crippen LogP contribution in [0.15, 0.2) is 22.1 Å². The van der Waals surface area contributed by atoms with Gasteiger partial charge < -0.3 is 5.32 Å². The van der Waals surface area contributed by atoms with Gasteiger partial charge in [-0.3, -0.25) is 0 Å². The lowest BCUT2D eigenvalue weighted by Crippen LogP contribution is -2.19. The average Bonchev–Trinajstić information content (AvgIpc) is 2.66. The molecule has 0 aromatic carbocycles. The molecule has 1 aromatic rings. The van der Waals surface area contributed by atoms with E-state index in [9.17, 15) is 0 Å². The molecule has 1 heterocycles. The smallest absolute Gasteiger partial charge is 0.109 e. The van der Waals surface area contributed by atoms with Crippen molar-refractivity contribution in [3.05, 3.63) is 27.2 Å². The number of aromatic nitrogens is 1. The molecule has 1 N–H and O–H groups in total. The maximum absolute atomic E-state index is 5.72. The van der Waals surface area contributed by atoms with Gasteiger partial charge in [0.1, 0.15) is 5.01 Å². The summed E-state index contributed by atoms with van der Waals surface area (Å²) in [5.41, 5.74) is 1.36. The number of nitrogens with one attached hydrogen (secondary N) is 1. The number of nitrogens with zero attached hydrogens (tertiary/aromatic N) is 1. The molecule has 0 aliphatic rings. The minimum atomic E-state index is 0.213. The van der Waals surface area contributed by atoms with Crippen LogP contribution in [0, 0.1) is 0 Å². The molecule has 1 unspecified atom stereocenters. The Labute approximate surface area is 91.6 Å². The van der Waals surface area contributed by atoms with E-state index in [4.69, 9.17) is 23.2 Å². The highest BCUT2D eigenvalue weighted by Crippen LogP contribution is 2.15. The third-order valence-corrected chi connectivity index (χ3v) is 3.09. The van der Waals surface area contributed by atoms with Gasteiger partial charge in [0.15, 0.2) is 0 Å². The molecular weight excluding hydrogens is 227 g/mol. The van der Waals surface area contributed by atoms with Gasteiger partial charge in [-0.1, -0.05) is 23.2 Å². The molecule has 13 heavy (non-hydrogen) atoms. The highest BCUT2D eigenvalue weighted by Gasteiger charge is 2.06. The second-order valence-corrected chi connectivity index (χ2v) is 4.16. The summed E-state index contributed by atoms with van der Waals surface area (Å²) in [6, 6.07) is 0.213. The van der Waals surface area contributed by atoms with Gasteiger partial charge in [0.05, 0.1) is 6.04 Å². The monoisotopic (exact) mass is 236 g/mol. The summed E-state index contributed by atoms with van der Waals surface area (Å²) in [5.74, 6) is 0. The molecule has 1 rings (SSSR count). The highest BCUT2D eigenvalue weighted by atomic mass is 35.5. The molecule has 2 nitrogen and oxygen atoms in total. The first kappa shape index (κ1) is 11.0. The van der Waals surface area contributed by atoms with Gasteiger partial charge in [-0.15, -0.1) is 11.3 Å². The summed E-state index contributed by atoms with van der Waals surface area (Å²) >= 11 is 12.8. The number of hydrogen-bond donors (Lipinski definition) is 1. The van der Waals surface area contributed by atoms with Gasteiger partial charge in [-0.05, 0) is 6.92 Å². The molecule has 0 amide bonds. The van der Waals surface area contributed by atoms with Crippen LogP contribution in [-0.4, -0.2) is 11.5 Å². The van der Waals surface area contributed by atoms with Gasteiger partial charge in [-0.2, -0.15) is 0 Å². The lowest BCUT2D eigenvalue weighted by atomic mass is 10.3. The van der Waals surface area contributed by atoms with Gasteiger partial charge in [0.25, 0.3) is 0 Å². The summed E-state index contributed by atoms with van der Waals surface area (Å²) in [7, 11) is 0. The zero-order chi connectivity index (χ0) is 9.68. The topological polar surface area (TPSA) is 24.9 Å². The van der Waals surface area contributed by atoms with Crippen molar-refractivity contribution in [2.24, 2.45) is 0 Å². The van der Waals surface area contributed by atoms with Crippen LogP contribution >= 0.6 is 34.5 Å². The zero-order valence-corrected chi connectivity index (χ0v) is 9.46. The van der Waals surface area contributed by atoms with E-state index < -0.39 is 0 Å². The highest BCUT2D eigenvalue weighted by molar-refractivity contribution is 7.09. The molecule has 0 bridgehead atoms. The predicted molar refractivity (Wildman–Crippen MR) is 58.3 cm³/mol. The molecule has 0 saturated carbocycles. The minimum absolute atomic E-state index is 0.213. The van der Waals surface area contributed by atoms with Crippen molar-refractivity contribution in [2.75, 3.05) is 6.54 Å². The van der Waals surface area contributed by atoms with Crippen LogP contribution in [0.3, 0.4) is 0 Å². The Morgan fingerprint density at radius 3 is 3.15 bits per heavy atom. The fraction of sp³-hybridized carbons (Fsp3) is 0.375. The van der Waals surface area contributed by atoms with E-state index in [0.29, 0.717) is 11.6 Å². The molecule has 0 saturated heterocycles. The molecule has 1 aromatic heterocycles. The maximum atomic E-state index is 5.72. The Balaban J connectivity index is 2.38. The standard InChI is InChI=1S/C8H10Cl2N2S/c1-6(8-11-2-3-13-8)12-5-7(10)4-9/h2-4,6,12H,5H2,1H3. The van der Waals surface area contributed by atoms with Gasteiger partial charge in [0.2, 0.25) is 0 Å². The van der Waals surface area contributed by atoms with Crippen LogP contribution in [0.1, 0.15) is 18.0 Å². The molecule has 0 radical (unpaired) electrons. The molecule has 5 heteroatoms. The van der Waals surface area contributed by atoms with Crippen molar-refractivity contribution in [2.45, 2.75) is 13.0 Å². The lowest BCUT2D eigenvalue weighted by molar-refractivity contribution is 0.610. The summed E-state index contributed by atoms with van der Waals surface area (Å²) in [4.78, 5) is 4.18. The zero-order valence-electron chi connectivity index (χ0n) is 7.13. The Morgan fingerprint density at radius 1 is 1.85 bits per heavy atom. The van der Waals surface area contributed by atoms with Crippen molar-refractivity contribution in [3.63, 3.8) is 0 Å². The van der Waals surface area contributed by atoms with E-state index in [1.807, 2.05) is 12.3 Å². The van der Waals surface area contributed by atoms with Crippen molar-refractivity contribution < 1.29 is 0 Å². The third-order valence-electron chi connectivity index (χ3n) is 1.52. The Bertz CT molecular complexity index is 272. The molecular formula is C8H10Cl2N2S. The van der Waals surface area contributed by atoms with Crippen LogP contribution in [0.25, 0.3) is 0 Å². The van der Waals surface area contributed by atoms with E-state index in [-0.39, 0.29) is 6.04 Å². The van der Waals surface area contributed by atoms with Gasteiger partial charge in [0, 0.05) is 28.7 Å². The van der Waals surface area contributed by atoms with E-state index in [1.165, 1.54) is 5.54 Å². The number of halogens is 2. The first-order valence-corrected chi connectivity index (χ1v) is 5.51. The largest absolute Gasteiger partial charge is 0.303 e. The van der Waals surface area contributed by atoms with Gasteiger partial charge >= 0.3 is 0 Å². The second-order valence-electron chi connectivity index (χ2n) is 2.53. The minimum Gasteiger partial charge on any atom is -0.303 e. The first-order chi connectivity index (χ1) is 6.24.